The molecule has 0 heterocycles. The zero-order valence-corrected chi connectivity index (χ0v) is 6.42. The zero-order chi connectivity index (χ0) is 7.98. The minimum Gasteiger partial charge on any atom is -0.284 e. The number of hydrazine groups is 2. The molecule has 10 heavy (non-hydrogen) atoms. The van der Waals surface area contributed by atoms with Crippen LogP contribution in [0.15, 0.2) is 0 Å². The van der Waals surface area contributed by atoms with E-state index in [9.17, 15) is 9.59 Å². The van der Waals surface area contributed by atoms with E-state index in [1.54, 1.807) is 0 Å². The summed E-state index contributed by atoms with van der Waals surface area (Å²) in [6, 6.07) is 0. The van der Waals surface area contributed by atoms with Crippen LogP contribution in [0.25, 0.3) is 0 Å². The van der Waals surface area contributed by atoms with Crippen LogP contribution in [0.5, 0.6) is 0 Å². The van der Waals surface area contributed by atoms with E-state index >= 15 is 0 Å². The molecule has 0 bridgehead atoms. The van der Waals surface area contributed by atoms with Crippen LogP contribution in [0.3, 0.4) is 0 Å². The monoisotopic (exact) mass is 182 g/mol. The Morgan fingerprint density at radius 1 is 1.00 bits per heavy atom. The fraction of sp³-hybridized carbons (Fsp3) is 0. The molecule has 0 rings (SSSR count). The van der Waals surface area contributed by atoms with Crippen LogP contribution in [0.1, 0.15) is 0 Å². The molecule has 0 spiro atoms. The lowest BCUT2D eigenvalue weighted by Crippen LogP contribution is -2.28. The Morgan fingerprint density at radius 2 is 1.30 bits per heavy atom. The van der Waals surface area contributed by atoms with Crippen molar-refractivity contribution in [2.45, 2.75) is 0 Å². The van der Waals surface area contributed by atoms with Crippen molar-refractivity contribution in [3.63, 3.8) is 0 Å². The summed E-state index contributed by atoms with van der Waals surface area (Å²) in [7, 11) is 1.32. The van der Waals surface area contributed by atoms with Gasteiger partial charge >= 0.3 is 10.5 Å². The summed E-state index contributed by atoms with van der Waals surface area (Å²) in [6.45, 7) is 0. The Kier molecular flexibility index (Phi) is 5.12. The van der Waals surface area contributed by atoms with Gasteiger partial charge in [-0.1, -0.05) is 0 Å². The molecule has 0 aromatic carbocycles. The van der Waals surface area contributed by atoms with Crippen LogP contribution in [0.4, 0.5) is 9.59 Å². The molecule has 0 fully saturated rings. The van der Waals surface area contributed by atoms with Crippen molar-refractivity contribution in [2.75, 3.05) is 0 Å². The van der Waals surface area contributed by atoms with E-state index in [0.717, 1.165) is 0 Å². The van der Waals surface area contributed by atoms with Crippen molar-refractivity contribution in [3.8, 4) is 0 Å². The Hall–Kier alpha value is -0.440. The molecule has 6 nitrogen and oxygen atoms in total. The normalized spacial score (nSPS) is 8.60. The van der Waals surface area contributed by atoms with Gasteiger partial charge in [0.2, 0.25) is 0 Å². The van der Waals surface area contributed by atoms with E-state index in [1.165, 1.54) is 0 Å². The molecule has 8 heteroatoms. The molecule has 0 aliphatic rings. The number of hydrogen-bond acceptors (Lipinski definition) is 6. The summed E-state index contributed by atoms with van der Waals surface area (Å²) >= 11 is 0. The van der Waals surface area contributed by atoms with Crippen LogP contribution in [-0.4, -0.2) is 10.5 Å². The summed E-state index contributed by atoms with van der Waals surface area (Å²) in [5, 5.41) is -1.01. The van der Waals surface area contributed by atoms with Gasteiger partial charge in [0.05, 0.1) is 0 Å². The minimum absolute atomic E-state index is 0.506. The highest BCUT2D eigenvalue weighted by atomic mass is 33.1. The van der Waals surface area contributed by atoms with Gasteiger partial charge in [-0.15, -0.1) is 0 Å². The van der Waals surface area contributed by atoms with E-state index in [1.807, 2.05) is 10.9 Å². The molecular formula is C2H6N4O2S2. The van der Waals surface area contributed by atoms with Crippen molar-refractivity contribution >= 4 is 32.1 Å². The lowest BCUT2D eigenvalue weighted by atomic mass is 11.4. The molecule has 58 valence electrons. The Labute approximate surface area is 64.8 Å². The van der Waals surface area contributed by atoms with Gasteiger partial charge in [-0.05, 0) is 0 Å². The highest BCUT2D eigenvalue weighted by Crippen LogP contribution is 2.21. The van der Waals surface area contributed by atoms with E-state index < -0.39 is 10.5 Å². The lowest BCUT2D eigenvalue weighted by molar-refractivity contribution is 0.260. The Morgan fingerprint density at radius 3 is 1.50 bits per heavy atom. The minimum atomic E-state index is -0.506. The van der Waals surface area contributed by atoms with Crippen molar-refractivity contribution in [3.05, 3.63) is 0 Å². The predicted molar refractivity (Wildman–Crippen MR) is 40.6 cm³/mol. The van der Waals surface area contributed by atoms with E-state index in [0.29, 0.717) is 21.6 Å². The number of nitrogens with one attached hydrogen (secondary N) is 2. The van der Waals surface area contributed by atoms with Crippen molar-refractivity contribution < 1.29 is 9.59 Å². The maximum absolute atomic E-state index is 10.3. The molecule has 0 aromatic rings. The number of nitrogens with two attached hydrogens (primary N) is 2. The summed E-state index contributed by atoms with van der Waals surface area (Å²) < 4.78 is 0. The van der Waals surface area contributed by atoms with Crippen LogP contribution in [0, 0.1) is 0 Å². The maximum Gasteiger partial charge on any atom is 0.304 e. The maximum atomic E-state index is 10.3. The summed E-state index contributed by atoms with van der Waals surface area (Å²) in [6.07, 6.45) is 0. The van der Waals surface area contributed by atoms with E-state index in [4.69, 9.17) is 11.7 Å². The number of carbonyl (C=O) groups is 2. The first kappa shape index (κ1) is 9.56. The van der Waals surface area contributed by atoms with E-state index in [-0.39, 0.29) is 0 Å². The molecule has 0 aliphatic carbocycles. The zero-order valence-electron chi connectivity index (χ0n) is 4.79. The number of carbonyl (C=O) groups excluding carboxylic acids is 2. The highest BCUT2D eigenvalue weighted by molar-refractivity contribution is 8.87. The van der Waals surface area contributed by atoms with Gasteiger partial charge < -0.3 is 0 Å². The van der Waals surface area contributed by atoms with Gasteiger partial charge in [0.1, 0.15) is 0 Å². The molecule has 0 aromatic heterocycles. The summed E-state index contributed by atoms with van der Waals surface area (Å²) in [5.74, 6) is 9.41. The molecular weight excluding hydrogens is 176 g/mol. The second kappa shape index (κ2) is 5.35. The topological polar surface area (TPSA) is 110 Å². The van der Waals surface area contributed by atoms with Gasteiger partial charge in [-0.2, -0.15) is 0 Å². The molecule has 0 aliphatic heterocycles. The number of hydrogen-bond donors (Lipinski definition) is 4. The number of rotatable bonds is 0. The second-order valence-electron chi connectivity index (χ2n) is 1.03. The Bertz CT molecular complexity index is 123. The van der Waals surface area contributed by atoms with Crippen molar-refractivity contribution in [1.82, 2.24) is 10.9 Å². The van der Waals surface area contributed by atoms with Crippen LogP contribution in [-0.2, 0) is 0 Å². The molecule has 0 atom stereocenters. The molecule has 0 radical (unpaired) electrons. The first-order valence-corrected chi connectivity index (χ1v) is 4.21. The van der Waals surface area contributed by atoms with Crippen molar-refractivity contribution in [1.29, 1.82) is 0 Å². The lowest BCUT2D eigenvalue weighted by Gasteiger charge is -1.95. The number of amides is 2. The SMILES string of the molecule is NNC(=O)SSC(=O)NN. The van der Waals surface area contributed by atoms with Crippen LogP contribution < -0.4 is 22.5 Å². The van der Waals surface area contributed by atoms with Gasteiger partial charge in [-0.25, -0.2) is 11.7 Å². The Balaban J connectivity index is 3.35. The van der Waals surface area contributed by atoms with Crippen LogP contribution in [0.2, 0.25) is 0 Å². The molecule has 0 unspecified atom stereocenters. The predicted octanol–water partition coefficient (Wildman–Crippen LogP) is -0.466. The summed E-state index contributed by atoms with van der Waals surface area (Å²) in [4.78, 5) is 20.6. The molecule has 6 N–H and O–H groups in total. The third-order valence-electron chi connectivity index (χ3n) is 0.429. The standard InChI is InChI=1S/C2H6N4O2S2/c3-5-1(7)9-10-2(8)6-4/h3-4H2,(H,5,7)(H,6,8). The molecule has 0 saturated heterocycles. The average Bonchev–Trinajstić information content (AvgIpc) is 1.99. The van der Waals surface area contributed by atoms with Gasteiger partial charge in [0.15, 0.2) is 0 Å². The first-order chi connectivity index (χ1) is 4.70. The smallest absolute Gasteiger partial charge is 0.284 e. The molecule has 2 amide bonds. The second-order valence-corrected chi connectivity index (χ2v) is 3.11. The fourth-order valence-corrected chi connectivity index (χ4v) is 1.11. The highest BCUT2D eigenvalue weighted by Gasteiger charge is 2.04. The molecule has 0 saturated carbocycles. The van der Waals surface area contributed by atoms with Crippen LogP contribution >= 0.6 is 21.6 Å². The first-order valence-electron chi connectivity index (χ1n) is 2.06. The average molecular weight is 182 g/mol. The van der Waals surface area contributed by atoms with Gasteiger partial charge in [0.25, 0.3) is 0 Å². The van der Waals surface area contributed by atoms with E-state index in [2.05, 4.69) is 0 Å². The van der Waals surface area contributed by atoms with Gasteiger partial charge in [0, 0.05) is 21.6 Å². The fourth-order valence-electron chi connectivity index (χ4n) is 0.124. The van der Waals surface area contributed by atoms with Gasteiger partial charge in [-0.3, -0.25) is 20.4 Å². The quantitative estimate of drug-likeness (QED) is 0.174. The van der Waals surface area contributed by atoms with Crippen molar-refractivity contribution in [2.24, 2.45) is 11.7 Å². The third kappa shape index (κ3) is 4.44. The third-order valence-corrected chi connectivity index (χ3v) is 2.21. The summed E-state index contributed by atoms with van der Waals surface area (Å²) in [5.41, 5.74) is 3.65. The largest absolute Gasteiger partial charge is 0.304 e.